The van der Waals surface area contributed by atoms with E-state index in [-0.39, 0.29) is 38.6 Å². The molecule has 41 heavy (non-hydrogen) atoms. The third kappa shape index (κ3) is 9.19. The number of benzene rings is 1. The second-order valence-electron chi connectivity index (χ2n) is 10.1. The maximum Gasteiger partial charge on any atom is 0.247 e. The number of halogens is 1. The quantitative estimate of drug-likeness (QED) is 0.155. The van der Waals surface area contributed by atoms with Gasteiger partial charge in [0, 0.05) is 37.1 Å². The van der Waals surface area contributed by atoms with Crippen molar-refractivity contribution in [1.82, 2.24) is 10.2 Å². The molecule has 10 nitrogen and oxygen atoms in total. The number of carbonyl (C=O) groups is 2. The number of rotatable bonds is 16. The number of carbonyl (C=O) groups excluding carboxylic acids is 2. The largest absolute Gasteiger partial charge is 0.493 e. The number of unbranched alkanes of at least 4 members (excludes halogenated alkanes) is 4. The molecule has 1 heterocycles. The van der Waals surface area contributed by atoms with E-state index in [0.717, 1.165) is 37.7 Å². The highest BCUT2D eigenvalue weighted by molar-refractivity contribution is 14.1. The number of methoxy groups -OCH3 is 1. The number of hydrogen-bond acceptors (Lipinski definition) is 8. The highest BCUT2D eigenvalue weighted by Gasteiger charge is 2.41. The normalized spacial score (nSPS) is 18.5. The average molecular weight is 685 g/mol. The van der Waals surface area contributed by atoms with E-state index in [1.165, 1.54) is 13.4 Å². The van der Waals surface area contributed by atoms with Crippen molar-refractivity contribution < 1.29 is 38.8 Å². The van der Waals surface area contributed by atoms with Crippen LogP contribution in [0.4, 0.5) is 0 Å². The number of aliphatic hydroxyl groups excluding tert-OH is 3. The molecule has 1 aromatic heterocycles. The highest BCUT2D eigenvalue weighted by Crippen LogP contribution is 2.37. The number of amides is 2. The van der Waals surface area contributed by atoms with Crippen molar-refractivity contribution in [3.8, 4) is 11.5 Å². The number of furan rings is 1. The van der Waals surface area contributed by atoms with Gasteiger partial charge >= 0.3 is 0 Å². The highest BCUT2D eigenvalue weighted by atomic mass is 127. The Bertz CT molecular complexity index is 1150. The lowest BCUT2D eigenvalue weighted by molar-refractivity contribution is -0.139. The van der Waals surface area contributed by atoms with Crippen LogP contribution >= 0.6 is 22.6 Å². The van der Waals surface area contributed by atoms with Gasteiger partial charge in [0.25, 0.3) is 0 Å². The summed E-state index contributed by atoms with van der Waals surface area (Å²) in [6.07, 6.45) is 7.88. The van der Waals surface area contributed by atoms with Crippen molar-refractivity contribution in [2.24, 2.45) is 0 Å². The predicted octanol–water partition coefficient (Wildman–Crippen LogP) is 3.69. The van der Waals surface area contributed by atoms with E-state index in [1.54, 1.807) is 35.4 Å². The molecule has 3 atom stereocenters. The molecular weight excluding hydrogens is 643 g/mol. The van der Waals surface area contributed by atoms with Crippen molar-refractivity contribution in [1.29, 1.82) is 0 Å². The molecule has 0 saturated carbocycles. The van der Waals surface area contributed by atoms with Gasteiger partial charge in [-0.15, -0.1) is 0 Å². The first-order valence-electron chi connectivity index (χ1n) is 14.0. The number of ether oxygens (including phenoxy) is 2. The van der Waals surface area contributed by atoms with Gasteiger partial charge in [0.05, 0.1) is 42.5 Å². The van der Waals surface area contributed by atoms with Crippen molar-refractivity contribution in [2.45, 2.75) is 83.3 Å². The molecule has 0 saturated heterocycles. The monoisotopic (exact) mass is 684 g/mol. The molecule has 0 spiro atoms. The summed E-state index contributed by atoms with van der Waals surface area (Å²) in [5, 5.41) is 33.2. The number of hydrogen-bond donors (Lipinski definition) is 4. The number of nitrogens with zero attached hydrogens (tertiary/aromatic N) is 1. The standard InChI is InChI=1S/C30H41IN2O8/c1-3-4-5-6-7-8-27(36)33(17-20-9-12-40-19-20)24-15-22(30(38)32-10-11-34)16-25(28(24)37)41-29-23(31)13-21(18-35)14-26(29)39-2/h9,12-14,16,19,24-25,28,34-35,37H,3-8,10-11,15,17-18H2,1-2H3,(H,32,38)/t24-,25+,28+/m1/s1. The summed E-state index contributed by atoms with van der Waals surface area (Å²) in [4.78, 5) is 28.3. The van der Waals surface area contributed by atoms with Gasteiger partial charge in [0.1, 0.15) is 12.2 Å². The van der Waals surface area contributed by atoms with Crippen LogP contribution < -0.4 is 14.8 Å². The van der Waals surface area contributed by atoms with E-state index in [2.05, 4.69) is 34.8 Å². The molecule has 0 aliphatic heterocycles. The SMILES string of the molecule is CCCCCCCC(=O)N(Cc1ccoc1)[C@@H]1CC(C(=O)NCCO)=C[C@H](Oc2c(I)cc(CO)cc2OC)[C@H]1O. The van der Waals surface area contributed by atoms with E-state index in [4.69, 9.17) is 13.9 Å². The minimum absolute atomic E-state index is 0.0681. The molecule has 0 bridgehead atoms. The lowest BCUT2D eigenvalue weighted by Crippen LogP contribution is -2.54. The van der Waals surface area contributed by atoms with E-state index < -0.39 is 24.2 Å². The molecule has 4 N–H and O–H groups in total. The number of aliphatic hydroxyl groups is 3. The van der Waals surface area contributed by atoms with Crippen molar-refractivity contribution in [2.75, 3.05) is 20.3 Å². The molecule has 0 unspecified atom stereocenters. The van der Waals surface area contributed by atoms with Crippen LogP contribution in [0.3, 0.4) is 0 Å². The molecule has 0 fully saturated rings. The van der Waals surface area contributed by atoms with Gasteiger partial charge in [0.15, 0.2) is 11.5 Å². The second kappa shape index (κ2) is 16.7. The molecule has 2 amide bonds. The van der Waals surface area contributed by atoms with Gasteiger partial charge in [0.2, 0.25) is 11.8 Å². The summed E-state index contributed by atoms with van der Waals surface area (Å²) >= 11 is 2.07. The summed E-state index contributed by atoms with van der Waals surface area (Å²) in [6.45, 7) is 2.01. The van der Waals surface area contributed by atoms with E-state index >= 15 is 0 Å². The van der Waals surface area contributed by atoms with Crippen LogP contribution in [0.5, 0.6) is 11.5 Å². The molecule has 1 aliphatic rings. The van der Waals surface area contributed by atoms with Crippen molar-refractivity contribution >= 4 is 34.4 Å². The zero-order valence-corrected chi connectivity index (χ0v) is 25.8. The fourth-order valence-corrected chi connectivity index (χ4v) is 5.68. The molecule has 226 valence electrons. The second-order valence-corrected chi connectivity index (χ2v) is 11.3. The maximum atomic E-state index is 13.6. The Morgan fingerprint density at radius 2 is 1.95 bits per heavy atom. The summed E-state index contributed by atoms with van der Waals surface area (Å²) in [7, 11) is 1.48. The fourth-order valence-electron chi connectivity index (χ4n) is 4.89. The maximum absolute atomic E-state index is 13.6. The van der Waals surface area contributed by atoms with Crippen LogP contribution in [-0.2, 0) is 22.7 Å². The topological polar surface area (TPSA) is 142 Å². The third-order valence-electron chi connectivity index (χ3n) is 7.09. The van der Waals surface area contributed by atoms with Crippen LogP contribution in [0, 0.1) is 3.57 Å². The Kier molecular flexibility index (Phi) is 13.4. The first-order chi connectivity index (χ1) is 19.8. The molecule has 1 aliphatic carbocycles. The van der Waals surface area contributed by atoms with E-state index in [9.17, 15) is 24.9 Å². The fraction of sp³-hybridized carbons (Fsp3) is 0.533. The molecule has 11 heteroatoms. The van der Waals surface area contributed by atoms with Crippen LogP contribution in [0.25, 0.3) is 0 Å². The van der Waals surface area contributed by atoms with Crippen LogP contribution in [0.1, 0.15) is 63.0 Å². The van der Waals surface area contributed by atoms with Gasteiger partial charge in [-0.3, -0.25) is 9.59 Å². The first kappa shape index (κ1) is 32.9. The van der Waals surface area contributed by atoms with Crippen LogP contribution in [-0.4, -0.2) is 70.5 Å². The van der Waals surface area contributed by atoms with Crippen molar-refractivity contribution in [3.05, 3.63) is 57.1 Å². The van der Waals surface area contributed by atoms with E-state index in [1.807, 2.05) is 0 Å². The van der Waals surface area contributed by atoms with Crippen LogP contribution in [0.2, 0.25) is 0 Å². The number of nitrogens with one attached hydrogen (secondary N) is 1. The third-order valence-corrected chi connectivity index (χ3v) is 7.89. The Labute approximate surface area is 254 Å². The van der Waals surface area contributed by atoms with Gasteiger partial charge in [-0.1, -0.05) is 32.6 Å². The summed E-state index contributed by atoms with van der Waals surface area (Å²) in [5.41, 5.74) is 1.74. The smallest absolute Gasteiger partial charge is 0.247 e. The molecular formula is C30H41IN2O8. The molecule has 0 radical (unpaired) electrons. The Balaban J connectivity index is 1.95. The summed E-state index contributed by atoms with van der Waals surface area (Å²) < 4.78 is 17.7. The zero-order chi connectivity index (χ0) is 29.8. The van der Waals surface area contributed by atoms with Gasteiger partial charge < -0.3 is 39.4 Å². The average Bonchev–Trinajstić information content (AvgIpc) is 3.49. The minimum Gasteiger partial charge on any atom is -0.493 e. The Hall–Kier alpha value is -2.61. The van der Waals surface area contributed by atoms with E-state index in [0.29, 0.717) is 32.6 Å². The molecule has 1 aromatic carbocycles. The van der Waals surface area contributed by atoms with Crippen LogP contribution in [0.15, 0.2) is 46.8 Å². The minimum atomic E-state index is -1.17. The Morgan fingerprint density at radius 1 is 1.17 bits per heavy atom. The Morgan fingerprint density at radius 3 is 2.61 bits per heavy atom. The van der Waals surface area contributed by atoms with Crippen molar-refractivity contribution in [3.63, 3.8) is 0 Å². The molecule has 2 aromatic rings. The van der Waals surface area contributed by atoms with Gasteiger partial charge in [-0.25, -0.2) is 0 Å². The summed E-state index contributed by atoms with van der Waals surface area (Å²) in [5.74, 6) is 0.192. The predicted molar refractivity (Wildman–Crippen MR) is 161 cm³/mol. The summed E-state index contributed by atoms with van der Waals surface area (Å²) in [6, 6.07) is 4.40. The van der Waals surface area contributed by atoms with Gasteiger partial charge in [-0.05, 0) is 58.9 Å². The lowest BCUT2D eigenvalue weighted by atomic mass is 9.87. The lowest BCUT2D eigenvalue weighted by Gasteiger charge is -2.40. The van der Waals surface area contributed by atoms with Gasteiger partial charge in [-0.2, -0.15) is 0 Å². The zero-order valence-electron chi connectivity index (χ0n) is 23.7. The molecule has 3 rings (SSSR count). The first-order valence-corrected chi connectivity index (χ1v) is 15.1.